The molecule has 0 atom stereocenters. The highest BCUT2D eigenvalue weighted by atomic mass is 32.2. The zero-order valence-electron chi connectivity index (χ0n) is 14.1. The fourth-order valence-corrected chi connectivity index (χ4v) is 3.37. The van der Waals surface area contributed by atoms with Crippen molar-refractivity contribution in [3.05, 3.63) is 59.2 Å². The summed E-state index contributed by atoms with van der Waals surface area (Å²) >= 11 is 0. The quantitative estimate of drug-likeness (QED) is 0.837. The Morgan fingerprint density at radius 3 is 2.42 bits per heavy atom. The SMILES string of the molecule is CCCS(=O)(=O)Nc1cccc(C(=O)Nc2ccc(C)c(C)c2)c1. The van der Waals surface area contributed by atoms with Gasteiger partial charge in [0.2, 0.25) is 10.0 Å². The summed E-state index contributed by atoms with van der Waals surface area (Å²) in [7, 11) is -3.38. The lowest BCUT2D eigenvalue weighted by molar-refractivity contribution is 0.102. The van der Waals surface area contributed by atoms with Gasteiger partial charge in [-0.1, -0.05) is 19.1 Å². The van der Waals surface area contributed by atoms with Crippen LogP contribution in [0, 0.1) is 13.8 Å². The maximum atomic E-state index is 12.4. The lowest BCUT2D eigenvalue weighted by atomic mass is 10.1. The molecule has 6 heteroatoms. The number of benzene rings is 2. The van der Waals surface area contributed by atoms with Crippen molar-refractivity contribution in [2.24, 2.45) is 0 Å². The van der Waals surface area contributed by atoms with Crippen LogP contribution in [-0.2, 0) is 10.0 Å². The molecule has 2 aromatic carbocycles. The molecule has 5 nitrogen and oxygen atoms in total. The van der Waals surface area contributed by atoms with Gasteiger partial charge in [-0.05, 0) is 61.7 Å². The molecule has 0 radical (unpaired) electrons. The van der Waals surface area contributed by atoms with Crippen LogP contribution in [0.3, 0.4) is 0 Å². The van der Waals surface area contributed by atoms with Gasteiger partial charge in [0.1, 0.15) is 0 Å². The van der Waals surface area contributed by atoms with Crippen LogP contribution in [0.15, 0.2) is 42.5 Å². The van der Waals surface area contributed by atoms with E-state index in [0.717, 1.165) is 11.1 Å². The predicted molar refractivity (Wildman–Crippen MR) is 98.0 cm³/mol. The van der Waals surface area contributed by atoms with Crippen LogP contribution in [0.2, 0.25) is 0 Å². The average Bonchev–Trinajstić information content (AvgIpc) is 2.50. The Bertz CT molecular complexity index is 845. The molecule has 2 N–H and O–H groups in total. The molecule has 0 saturated heterocycles. The normalized spacial score (nSPS) is 11.1. The van der Waals surface area contributed by atoms with Crippen LogP contribution >= 0.6 is 0 Å². The molecule has 128 valence electrons. The molecule has 0 aromatic heterocycles. The van der Waals surface area contributed by atoms with Crippen molar-refractivity contribution < 1.29 is 13.2 Å². The molecule has 0 spiro atoms. The molecule has 0 aliphatic heterocycles. The monoisotopic (exact) mass is 346 g/mol. The van der Waals surface area contributed by atoms with Crippen LogP contribution in [0.1, 0.15) is 34.8 Å². The van der Waals surface area contributed by atoms with Gasteiger partial charge >= 0.3 is 0 Å². The fourth-order valence-electron chi connectivity index (χ4n) is 2.25. The number of hydrogen-bond acceptors (Lipinski definition) is 3. The smallest absolute Gasteiger partial charge is 0.255 e. The standard InChI is InChI=1S/C18H22N2O3S/c1-4-10-24(22,23)20-17-7-5-6-15(12-17)18(21)19-16-9-8-13(2)14(3)11-16/h5-9,11-12,20H,4,10H2,1-3H3,(H,19,21). The van der Waals surface area contributed by atoms with E-state index < -0.39 is 10.0 Å². The first-order valence-corrected chi connectivity index (χ1v) is 9.45. The van der Waals surface area contributed by atoms with E-state index in [0.29, 0.717) is 23.4 Å². The van der Waals surface area contributed by atoms with Gasteiger partial charge in [-0.3, -0.25) is 9.52 Å². The Kier molecular flexibility index (Phi) is 5.62. The summed E-state index contributed by atoms with van der Waals surface area (Å²) in [6, 6.07) is 12.1. The highest BCUT2D eigenvalue weighted by molar-refractivity contribution is 7.92. The Balaban J connectivity index is 2.15. The summed E-state index contributed by atoms with van der Waals surface area (Å²) < 4.78 is 26.1. The lowest BCUT2D eigenvalue weighted by Crippen LogP contribution is -2.17. The number of carbonyl (C=O) groups excluding carboxylic acids is 1. The molecular formula is C18H22N2O3S. The molecule has 0 bridgehead atoms. The number of anilines is 2. The number of amides is 1. The van der Waals surface area contributed by atoms with Crippen molar-refractivity contribution in [2.75, 3.05) is 15.8 Å². The summed E-state index contributed by atoms with van der Waals surface area (Å²) in [4.78, 5) is 12.4. The lowest BCUT2D eigenvalue weighted by Gasteiger charge is -2.10. The Morgan fingerprint density at radius 1 is 1.00 bits per heavy atom. The summed E-state index contributed by atoms with van der Waals surface area (Å²) in [6.07, 6.45) is 0.530. The van der Waals surface area contributed by atoms with E-state index in [-0.39, 0.29) is 11.7 Å². The van der Waals surface area contributed by atoms with E-state index in [1.54, 1.807) is 25.1 Å². The van der Waals surface area contributed by atoms with Gasteiger partial charge < -0.3 is 5.32 Å². The molecule has 0 aliphatic carbocycles. The van der Waals surface area contributed by atoms with Gasteiger partial charge in [0.25, 0.3) is 5.91 Å². The predicted octanol–water partition coefficient (Wildman–Crippen LogP) is 3.71. The molecular weight excluding hydrogens is 324 g/mol. The highest BCUT2D eigenvalue weighted by Crippen LogP contribution is 2.17. The number of hydrogen-bond donors (Lipinski definition) is 2. The third-order valence-corrected chi connectivity index (χ3v) is 5.13. The molecule has 0 unspecified atom stereocenters. The van der Waals surface area contributed by atoms with Crippen molar-refractivity contribution in [3.8, 4) is 0 Å². The molecule has 2 aromatic rings. The maximum Gasteiger partial charge on any atom is 0.255 e. The zero-order chi connectivity index (χ0) is 17.7. The first-order valence-electron chi connectivity index (χ1n) is 7.80. The van der Waals surface area contributed by atoms with E-state index >= 15 is 0 Å². The Hall–Kier alpha value is -2.34. The van der Waals surface area contributed by atoms with E-state index in [4.69, 9.17) is 0 Å². The summed E-state index contributed by atoms with van der Waals surface area (Å²) in [6.45, 7) is 5.79. The molecule has 1 amide bonds. The second-order valence-electron chi connectivity index (χ2n) is 5.75. The van der Waals surface area contributed by atoms with Gasteiger partial charge in [0.15, 0.2) is 0 Å². The molecule has 2 rings (SSSR count). The van der Waals surface area contributed by atoms with Crippen LogP contribution in [-0.4, -0.2) is 20.1 Å². The second kappa shape index (κ2) is 7.49. The van der Waals surface area contributed by atoms with Crippen molar-refractivity contribution in [1.29, 1.82) is 0 Å². The first-order chi connectivity index (χ1) is 11.3. The van der Waals surface area contributed by atoms with Crippen molar-refractivity contribution >= 4 is 27.3 Å². The minimum Gasteiger partial charge on any atom is -0.322 e. The minimum absolute atomic E-state index is 0.0477. The number of nitrogens with one attached hydrogen (secondary N) is 2. The molecule has 0 aliphatic rings. The minimum atomic E-state index is -3.38. The molecule has 0 saturated carbocycles. The summed E-state index contributed by atoms with van der Waals surface area (Å²) in [5.41, 5.74) is 3.73. The zero-order valence-corrected chi connectivity index (χ0v) is 14.9. The Labute approximate surface area is 143 Å². The molecule has 0 fully saturated rings. The largest absolute Gasteiger partial charge is 0.322 e. The van der Waals surface area contributed by atoms with Gasteiger partial charge in [-0.2, -0.15) is 0 Å². The van der Waals surface area contributed by atoms with Gasteiger partial charge in [-0.25, -0.2) is 8.42 Å². The number of sulfonamides is 1. The molecule has 24 heavy (non-hydrogen) atoms. The summed E-state index contributed by atoms with van der Waals surface area (Å²) in [5.74, 6) is -0.235. The van der Waals surface area contributed by atoms with Crippen molar-refractivity contribution in [2.45, 2.75) is 27.2 Å². The maximum absolute atomic E-state index is 12.4. The second-order valence-corrected chi connectivity index (χ2v) is 7.60. The third-order valence-electron chi connectivity index (χ3n) is 3.64. The summed E-state index contributed by atoms with van der Waals surface area (Å²) in [5, 5.41) is 2.83. The van der Waals surface area contributed by atoms with Gasteiger partial charge in [0, 0.05) is 16.9 Å². The van der Waals surface area contributed by atoms with Crippen LogP contribution in [0.25, 0.3) is 0 Å². The van der Waals surface area contributed by atoms with Crippen LogP contribution in [0.4, 0.5) is 11.4 Å². The van der Waals surface area contributed by atoms with Crippen molar-refractivity contribution in [1.82, 2.24) is 0 Å². The van der Waals surface area contributed by atoms with E-state index in [1.165, 1.54) is 6.07 Å². The number of rotatable bonds is 6. The molecule has 0 heterocycles. The first kappa shape index (κ1) is 18.0. The van der Waals surface area contributed by atoms with E-state index in [2.05, 4.69) is 10.0 Å². The average molecular weight is 346 g/mol. The van der Waals surface area contributed by atoms with E-state index in [9.17, 15) is 13.2 Å². The van der Waals surface area contributed by atoms with Crippen molar-refractivity contribution in [3.63, 3.8) is 0 Å². The van der Waals surface area contributed by atoms with Gasteiger partial charge in [0.05, 0.1) is 5.75 Å². The fraction of sp³-hybridized carbons (Fsp3) is 0.278. The van der Waals surface area contributed by atoms with Crippen LogP contribution < -0.4 is 10.0 Å². The Morgan fingerprint density at radius 2 is 1.75 bits per heavy atom. The highest BCUT2D eigenvalue weighted by Gasteiger charge is 2.11. The van der Waals surface area contributed by atoms with E-state index in [1.807, 2.05) is 32.0 Å². The van der Waals surface area contributed by atoms with Gasteiger partial charge in [-0.15, -0.1) is 0 Å². The third kappa shape index (κ3) is 4.83. The number of carbonyl (C=O) groups is 1. The topological polar surface area (TPSA) is 75.3 Å². The van der Waals surface area contributed by atoms with Crippen LogP contribution in [0.5, 0.6) is 0 Å². The number of aryl methyl sites for hydroxylation is 2.